The van der Waals surface area contributed by atoms with E-state index in [2.05, 4.69) is 20.7 Å². The molecule has 0 unspecified atom stereocenters. The maximum absolute atomic E-state index is 11.4. The molecule has 0 aliphatic heterocycles. The van der Waals surface area contributed by atoms with Gasteiger partial charge in [-0.15, -0.1) is 0 Å². The third-order valence-corrected chi connectivity index (χ3v) is 2.42. The predicted molar refractivity (Wildman–Crippen MR) is 68.5 cm³/mol. The largest absolute Gasteiger partial charge is 0.358 e. The summed E-state index contributed by atoms with van der Waals surface area (Å²) in [6.07, 6.45) is 1.14. The minimum atomic E-state index is -0.642. The fourth-order valence-electron chi connectivity index (χ4n) is 1.46. The number of nitrogen functional groups attached to an aromatic ring is 1. The molecule has 0 atom stereocenters. The minimum Gasteiger partial charge on any atom is -0.358 e. The molecule has 0 radical (unpaired) electrons. The quantitative estimate of drug-likeness (QED) is 0.348. The van der Waals surface area contributed by atoms with Crippen molar-refractivity contribution >= 4 is 23.2 Å². The number of nitrogens with zero attached hydrogens (tertiary/aromatic N) is 4. The second kappa shape index (κ2) is 6.44. The first-order valence-electron chi connectivity index (χ1n) is 5.46. The Balaban J connectivity index is 3.23. The number of amides is 1. The van der Waals surface area contributed by atoms with Gasteiger partial charge >= 0.3 is 5.69 Å². The van der Waals surface area contributed by atoms with Crippen molar-refractivity contribution < 1.29 is 9.72 Å². The van der Waals surface area contributed by atoms with Gasteiger partial charge in [-0.05, 0) is 6.92 Å². The van der Waals surface area contributed by atoms with Crippen molar-refractivity contribution in [3.8, 4) is 0 Å². The first-order chi connectivity index (χ1) is 9.04. The number of anilines is 2. The summed E-state index contributed by atoms with van der Waals surface area (Å²) in [5, 5.41) is 13.5. The molecule has 104 valence electrons. The van der Waals surface area contributed by atoms with E-state index in [1.807, 2.05) is 0 Å². The molecule has 0 saturated heterocycles. The van der Waals surface area contributed by atoms with Crippen molar-refractivity contribution in [2.24, 2.45) is 5.84 Å². The maximum Gasteiger partial charge on any atom is 0.354 e. The van der Waals surface area contributed by atoms with E-state index < -0.39 is 4.92 Å². The van der Waals surface area contributed by atoms with E-state index in [9.17, 15) is 14.9 Å². The molecule has 0 aromatic carbocycles. The molecule has 10 nitrogen and oxygen atoms in total. The maximum atomic E-state index is 11.4. The highest BCUT2D eigenvalue weighted by Crippen LogP contribution is 2.30. The SMILES string of the molecule is CCN(CC(=O)NC)c1ncnc(NN)c1[N+](=O)[O-]. The summed E-state index contributed by atoms with van der Waals surface area (Å²) in [7, 11) is 1.48. The molecule has 1 rings (SSSR count). The zero-order chi connectivity index (χ0) is 14.4. The Morgan fingerprint density at radius 1 is 1.58 bits per heavy atom. The lowest BCUT2D eigenvalue weighted by molar-refractivity contribution is -0.383. The van der Waals surface area contributed by atoms with Gasteiger partial charge in [0.2, 0.25) is 17.5 Å². The number of hydrazine groups is 1. The molecule has 0 aliphatic rings. The van der Waals surface area contributed by atoms with Crippen LogP contribution in [0.1, 0.15) is 6.92 Å². The molecule has 0 aliphatic carbocycles. The highest BCUT2D eigenvalue weighted by atomic mass is 16.6. The molecule has 0 spiro atoms. The number of nitrogens with one attached hydrogen (secondary N) is 2. The number of likely N-dealkylation sites (N-methyl/N-ethyl adjacent to an activating group) is 2. The molecule has 0 bridgehead atoms. The molecular weight excluding hydrogens is 254 g/mol. The third kappa shape index (κ3) is 3.25. The Kier molecular flexibility index (Phi) is 4.94. The van der Waals surface area contributed by atoms with E-state index in [4.69, 9.17) is 5.84 Å². The summed E-state index contributed by atoms with van der Waals surface area (Å²) in [5.41, 5.74) is 1.78. The number of nitro groups is 1. The molecule has 1 aromatic heterocycles. The molecule has 0 saturated carbocycles. The topological polar surface area (TPSA) is 139 Å². The van der Waals surface area contributed by atoms with Crippen LogP contribution < -0.4 is 21.5 Å². The fourth-order valence-corrected chi connectivity index (χ4v) is 1.46. The summed E-state index contributed by atoms with van der Waals surface area (Å²) >= 11 is 0. The van der Waals surface area contributed by atoms with Crippen LogP contribution in [0.2, 0.25) is 0 Å². The van der Waals surface area contributed by atoms with Gasteiger partial charge < -0.3 is 15.6 Å². The van der Waals surface area contributed by atoms with Gasteiger partial charge in [0.25, 0.3) is 0 Å². The zero-order valence-corrected chi connectivity index (χ0v) is 10.6. The number of aromatic nitrogens is 2. The number of rotatable bonds is 6. The van der Waals surface area contributed by atoms with Gasteiger partial charge in [-0.25, -0.2) is 15.8 Å². The van der Waals surface area contributed by atoms with E-state index >= 15 is 0 Å². The van der Waals surface area contributed by atoms with Gasteiger partial charge in [-0.2, -0.15) is 0 Å². The summed E-state index contributed by atoms with van der Waals surface area (Å²) in [4.78, 5) is 30.8. The van der Waals surface area contributed by atoms with Crippen LogP contribution >= 0.6 is 0 Å². The Morgan fingerprint density at radius 3 is 2.74 bits per heavy atom. The first kappa shape index (κ1) is 14.6. The molecule has 1 aromatic rings. The first-order valence-corrected chi connectivity index (χ1v) is 5.46. The van der Waals surface area contributed by atoms with Crippen LogP contribution in [-0.2, 0) is 4.79 Å². The van der Waals surface area contributed by atoms with Gasteiger partial charge in [-0.3, -0.25) is 14.9 Å². The summed E-state index contributed by atoms with van der Waals surface area (Å²) < 4.78 is 0. The standard InChI is InChI=1S/C9H15N7O3/c1-3-15(4-6(17)11-2)9-7(16(18)19)8(14-10)12-5-13-9/h5H,3-4,10H2,1-2H3,(H,11,17)(H,12,13,14). The van der Waals surface area contributed by atoms with E-state index in [1.54, 1.807) is 6.92 Å². The highest BCUT2D eigenvalue weighted by molar-refractivity contribution is 5.82. The van der Waals surface area contributed by atoms with Crippen molar-refractivity contribution in [1.82, 2.24) is 15.3 Å². The molecule has 4 N–H and O–H groups in total. The molecule has 1 heterocycles. The van der Waals surface area contributed by atoms with Gasteiger partial charge in [-0.1, -0.05) is 0 Å². The van der Waals surface area contributed by atoms with Crippen molar-refractivity contribution in [3.05, 3.63) is 16.4 Å². The van der Waals surface area contributed by atoms with Crippen LogP contribution in [0.15, 0.2) is 6.33 Å². The lowest BCUT2D eigenvalue weighted by Gasteiger charge is -2.20. The third-order valence-electron chi connectivity index (χ3n) is 2.42. The highest BCUT2D eigenvalue weighted by Gasteiger charge is 2.26. The van der Waals surface area contributed by atoms with Crippen LogP contribution in [0, 0.1) is 10.1 Å². The van der Waals surface area contributed by atoms with Crippen LogP contribution in [0.3, 0.4) is 0 Å². The monoisotopic (exact) mass is 269 g/mol. The second-order valence-electron chi connectivity index (χ2n) is 3.48. The normalized spacial score (nSPS) is 9.84. The number of hydrogen-bond donors (Lipinski definition) is 3. The van der Waals surface area contributed by atoms with Crippen LogP contribution in [0.4, 0.5) is 17.3 Å². The van der Waals surface area contributed by atoms with Crippen LogP contribution in [0.5, 0.6) is 0 Å². The Labute approximate surface area is 109 Å². The van der Waals surface area contributed by atoms with E-state index in [0.717, 1.165) is 6.33 Å². The van der Waals surface area contributed by atoms with Gasteiger partial charge in [0.05, 0.1) is 11.5 Å². The molecular formula is C9H15N7O3. The fraction of sp³-hybridized carbons (Fsp3) is 0.444. The van der Waals surface area contributed by atoms with Crippen molar-refractivity contribution in [2.45, 2.75) is 6.92 Å². The summed E-state index contributed by atoms with van der Waals surface area (Å²) in [5.74, 6) is 4.84. The minimum absolute atomic E-state index is 0.0408. The van der Waals surface area contributed by atoms with E-state index in [1.165, 1.54) is 11.9 Å². The Bertz CT molecular complexity index is 479. The Morgan fingerprint density at radius 2 is 2.26 bits per heavy atom. The average molecular weight is 269 g/mol. The van der Waals surface area contributed by atoms with Crippen LogP contribution in [-0.4, -0.2) is 40.9 Å². The number of carbonyl (C=O) groups is 1. The molecule has 19 heavy (non-hydrogen) atoms. The number of hydrogen-bond acceptors (Lipinski definition) is 8. The summed E-state index contributed by atoms with van der Waals surface area (Å²) in [6.45, 7) is 2.08. The van der Waals surface area contributed by atoms with E-state index in [-0.39, 0.29) is 29.8 Å². The Hall–Kier alpha value is -2.49. The number of carbonyl (C=O) groups excluding carboxylic acids is 1. The van der Waals surface area contributed by atoms with Gasteiger partial charge in [0, 0.05) is 13.6 Å². The molecule has 10 heteroatoms. The molecule has 0 fully saturated rings. The zero-order valence-electron chi connectivity index (χ0n) is 10.6. The van der Waals surface area contributed by atoms with Gasteiger partial charge in [0.1, 0.15) is 6.33 Å². The van der Waals surface area contributed by atoms with Gasteiger partial charge in [0.15, 0.2) is 0 Å². The lowest BCUT2D eigenvalue weighted by atomic mass is 10.3. The smallest absolute Gasteiger partial charge is 0.354 e. The van der Waals surface area contributed by atoms with Crippen molar-refractivity contribution in [2.75, 3.05) is 30.5 Å². The lowest BCUT2D eigenvalue weighted by Crippen LogP contribution is -2.36. The van der Waals surface area contributed by atoms with Crippen LogP contribution in [0.25, 0.3) is 0 Å². The molecule has 1 amide bonds. The summed E-state index contributed by atoms with van der Waals surface area (Å²) in [6, 6.07) is 0. The predicted octanol–water partition coefficient (Wildman–Crippen LogP) is -0.757. The second-order valence-corrected chi connectivity index (χ2v) is 3.48. The van der Waals surface area contributed by atoms with Crippen molar-refractivity contribution in [3.63, 3.8) is 0 Å². The van der Waals surface area contributed by atoms with E-state index in [0.29, 0.717) is 6.54 Å². The average Bonchev–Trinajstić information content (AvgIpc) is 2.43. The number of nitrogens with two attached hydrogens (primary N) is 1. The van der Waals surface area contributed by atoms with Crippen molar-refractivity contribution in [1.29, 1.82) is 0 Å².